The van der Waals surface area contributed by atoms with E-state index in [-0.39, 0.29) is 17.2 Å². The molecule has 0 radical (unpaired) electrons. The van der Waals surface area contributed by atoms with Crippen molar-refractivity contribution in [2.24, 2.45) is 0 Å². The Labute approximate surface area is 93.9 Å². The lowest BCUT2D eigenvalue weighted by atomic mass is 10.2. The Hall–Kier alpha value is -1.92. The molecule has 2 heterocycles. The molecule has 0 aromatic carbocycles. The van der Waals surface area contributed by atoms with E-state index in [4.69, 9.17) is 0 Å². The fourth-order valence-electron chi connectivity index (χ4n) is 1.48. The lowest BCUT2D eigenvalue weighted by Gasteiger charge is -2.13. The van der Waals surface area contributed by atoms with E-state index in [0.29, 0.717) is 5.56 Å². The van der Waals surface area contributed by atoms with Crippen molar-refractivity contribution < 1.29 is 13.2 Å². The van der Waals surface area contributed by atoms with Crippen molar-refractivity contribution in [2.75, 3.05) is 0 Å². The first-order valence-corrected chi connectivity index (χ1v) is 4.74. The first-order chi connectivity index (χ1) is 7.79. The smallest absolute Gasteiger partial charge is 0.333 e. The molecule has 0 fully saturated rings. The molecule has 90 valence electrons. The van der Waals surface area contributed by atoms with Crippen LogP contribution in [0.4, 0.5) is 13.2 Å². The number of hydrogen-bond donors (Lipinski definition) is 1. The van der Waals surface area contributed by atoms with E-state index < -0.39 is 17.4 Å². The first kappa shape index (κ1) is 11.6. The van der Waals surface area contributed by atoms with Crippen molar-refractivity contribution in [2.45, 2.75) is 20.0 Å². The van der Waals surface area contributed by atoms with Gasteiger partial charge in [0, 0.05) is 5.56 Å². The molecule has 0 atom stereocenters. The van der Waals surface area contributed by atoms with Crippen molar-refractivity contribution in [1.82, 2.24) is 15.0 Å². The molecule has 0 aromatic rings. The maximum Gasteiger partial charge on any atom is 0.433 e. The number of aromatic nitrogens is 3. The average molecular weight is 243 g/mol. The molecule has 2 aliphatic rings. The van der Waals surface area contributed by atoms with Gasteiger partial charge in [-0.3, -0.25) is 4.79 Å². The lowest BCUT2D eigenvalue weighted by Crippen LogP contribution is -2.18. The molecule has 7 heteroatoms. The molecule has 2 rings (SSSR count). The van der Waals surface area contributed by atoms with E-state index in [1.54, 1.807) is 0 Å². The molecule has 0 saturated carbocycles. The zero-order valence-corrected chi connectivity index (χ0v) is 9.01. The molecule has 0 aromatic heterocycles. The summed E-state index contributed by atoms with van der Waals surface area (Å²) >= 11 is 0. The number of pyridine rings is 1. The van der Waals surface area contributed by atoms with Gasteiger partial charge in [0.1, 0.15) is 11.4 Å². The van der Waals surface area contributed by atoms with Crippen molar-refractivity contribution in [3.8, 4) is 11.5 Å². The van der Waals surface area contributed by atoms with Gasteiger partial charge < -0.3 is 4.98 Å². The molecule has 17 heavy (non-hydrogen) atoms. The third-order valence-electron chi connectivity index (χ3n) is 2.32. The predicted octanol–water partition coefficient (Wildman–Crippen LogP) is 1.91. The van der Waals surface area contributed by atoms with Gasteiger partial charge in [-0.1, -0.05) is 0 Å². The van der Waals surface area contributed by atoms with E-state index >= 15 is 0 Å². The van der Waals surface area contributed by atoms with E-state index in [1.165, 1.54) is 19.9 Å². The van der Waals surface area contributed by atoms with Gasteiger partial charge in [0.05, 0.1) is 5.69 Å². The number of hydrogen-bond acceptors (Lipinski definition) is 3. The zero-order chi connectivity index (χ0) is 12.8. The fourth-order valence-corrected chi connectivity index (χ4v) is 1.48. The van der Waals surface area contributed by atoms with Gasteiger partial charge in [-0.2, -0.15) is 18.2 Å². The minimum atomic E-state index is -4.54. The summed E-state index contributed by atoms with van der Waals surface area (Å²) in [6.07, 6.45) is -4.54. The van der Waals surface area contributed by atoms with Crippen LogP contribution in [-0.2, 0) is 6.18 Å². The summed E-state index contributed by atoms with van der Waals surface area (Å²) in [5.41, 5.74) is -1.14. The quantitative estimate of drug-likeness (QED) is 0.768. The van der Waals surface area contributed by atoms with E-state index in [0.717, 1.165) is 0 Å². The monoisotopic (exact) mass is 243 g/mol. The van der Waals surface area contributed by atoms with Crippen LogP contribution in [0.15, 0.2) is 10.9 Å². The molecule has 2 aliphatic heterocycles. The predicted molar refractivity (Wildman–Crippen MR) is 53.8 cm³/mol. The summed E-state index contributed by atoms with van der Waals surface area (Å²) in [7, 11) is 0. The molecule has 0 unspecified atom stereocenters. The van der Waals surface area contributed by atoms with Gasteiger partial charge in [0.25, 0.3) is 5.56 Å². The van der Waals surface area contributed by atoms with Gasteiger partial charge in [-0.05, 0) is 19.9 Å². The highest BCUT2D eigenvalue weighted by atomic mass is 19.4. The van der Waals surface area contributed by atoms with Crippen LogP contribution >= 0.6 is 0 Å². The minimum absolute atomic E-state index is 0.154. The minimum Gasteiger partial charge on any atom is -0.333 e. The molecular formula is C10H8F3N3O. The average Bonchev–Trinajstić information content (AvgIpc) is 2.18. The molecule has 4 nitrogen and oxygen atoms in total. The van der Waals surface area contributed by atoms with Crippen LogP contribution in [0.3, 0.4) is 0 Å². The standard InChI is InChI=1S/C10H8F3N3O/c1-4-3-6-8(16-9(4)17)15-7(5(2)14-6)10(11,12)13/h3H,1-2H3,(H,15,16,17). The third kappa shape index (κ3) is 2.00. The Kier molecular flexibility index (Phi) is 2.41. The second-order valence-electron chi connectivity index (χ2n) is 3.67. The Morgan fingerprint density at radius 2 is 1.88 bits per heavy atom. The molecular weight excluding hydrogens is 235 g/mol. The molecule has 0 spiro atoms. The number of aromatic amines is 1. The normalized spacial score (nSPS) is 12.1. The first-order valence-electron chi connectivity index (χ1n) is 4.74. The van der Waals surface area contributed by atoms with Gasteiger partial charge in [-0.25, -0.2) is 4.98 Å². The highest BCUT2D eigenvalue weighted by Crippen LogP contribution is 2.31. The van der Waals surface area contributed by atoms with E-state index in [9.17, 15) is 18.0 Å². The summed E-state index contributed by atoms with van der Waals surface area (Å²) in [6, 6.07) is 1.41. The zero-order valence-electron chi connectivity index (χ0n) is 9.01. The van der Waals surface area contributed by atoms with Gasteiger partial charge in [0.2, 0.25) is 0 Å². The van der Waals surface area contributed by atoms with Crippen molar-refractivity contribution in [3.63, 3.8) is 0 Å². The number of nitrogens with zero attached hydrogens (tertiary/aromatic N) is 2. The Morgan fingerprint density at radius 1 is 1.24 bits per heavy atom. The fraction of sp³-hybridized carbons (Fsp3) is 0.300. The summed E-state index contributed by atoms with van der Waals surface area (Å²) in [6.45, 7) is 2.78. The number of rotatable bonds is 0. The maximum atomic E-state index is 12.6. The van der Waals surface area contributed by atoms with Gasteiger partial charge in [0.15, 0.2) is 5.82 Å². The van der Waals surface area contributed by atoms with Gasteiger partial charge >= 0.3 is 6.18 Å². The van der Waals surface area contributed by atoms with Crippen LogP contribution in [0.5, 0.6) is 0 Å². The largest absolute Gasteiger partial charge is 0.433 e. The van der Waals surface area contributed by atoms with Crippen molar-refractivity contribution in [1.29, 1.82) is 0 Å². The number of halogens is 3. The number of alkyl halides is 3. The second kappa shape index (κ2) is 3.54. The maximum absolute atomic E-state index is 12.6. The lowest BCUT2D eigenvalue weighted by molar-refractivity contribution is -0.141. The van der Waals surface area contributed by atoms with Crippen LogP contribution in [0, 0.1) is 13.8 Å². The highest BCUT2D eigenvalue weighted by Gasteiger charge is 2.35. The molecule has 0 saturated heterocycles. The van der Waals surface area contributed by atoms with Crippen LogP contribution < -0.4 is 5.56 Å². The summed E-state index contributed by atoms with van der Waals surface area (Å²) in [4.78, 5) is 20.7. The topological polar surface area (TPSA) is 58.6 Å². The Bertz CT molecular complexity index is 603. The molecule has 0 bridgehead atoms. The van der Waals surface area contributed by atoms with Crippen LogP contribution in [-0.4, -0.2) is 15.0 Å². The Balaban J connectivity index is 2.78. The second-order valence-corrected chi connectivity index (χ2v) is 3.67. The van der Waals surface area contributed by atoms with Crippen LogP contribution in [0.1, 0.15) is 17.0 Å². The van der Waals surface area contributed by atoms with Gasteiger partial charge in [-0.15, -0.1) is 0 Å². The molecule has 0 amide bonds. The number of nitrogens with one attached hydrogen (secondary N) is 1. The molecule has 1 N–H and O–H groups in total. The van der Waals surface area contributed by atoms with Crippen molar-refractivity contribution >= 4 is 0 Å². The van der Waals surface area contributed by atoms with Crippen LogP contribution in [0.2, 0.25) is 0 Å². The molecule has 0 aliphatic carbocycles. The third-order valence-corrected chi connectivity index (χ3v) is 2.32. The van der Waals surface area contributed by atoms with E-state index in [2.05, 4.69) is 15.0 Å². The van der Waals surface area contributed by atoms with E-state index in [1.807, 2.05) is 0 Å². The summed E-state index contributed by atoms with van der Waals surface area (Å²) in [5, 5.41) is 0. The SMILES string of the molecule is Cc1nc2cc(C)c(=O)nc-2[nH]c1C(F)(F)F. The summed E-state index contributed by atoms with van der Waals surface area (Å²) < 4.78 is 37.7. The Morgan fingerprint density at radius 3 is 2.47 bits per heavy atom. The number of fused-ring (bicyclic) bond motifs is 1. The number of H-pyrrole nitrogens is 1. The number of aryl methyl sites for hydroxylation is 2. The highest BCUT2D eigenvalue weighted by molar-refractivity contribution is 5.52. The summed E-state index contributed by atoms with van der Waals surface area (Å²) in [5.74, 6) is -0.154. The van der Waals surface area contributed by atoms with Crippen LogP contribution in [0.25, 0.3) is 11.5 Å². The van der Waals surface area contributed by atoms with Crippen molar-refractivity contribution in [3.05, 3.63) is 33.4 Å².